The Balaban J connectivity index is 4.37. The Morgan fingerprint density at radius 3 is 1.93 bits per heavy atom. The summed E-state index contributed by atoms with van der Waals surface area (Å²) in [6.45, 7) is 14.9. The van der Waals surface area contributed by atoms with Crippen LogP contribution in [-0.2, 0) is 13.6 Å². The molecule has 0 aliphatic heterocycles. The molecule has 0 radical (unpaired) electrons. The Labute approximate surface area is 87.4 Å². The largest absolute Gasteiger partial charge is 0.516 e. The standard InChI is InChI=1S/C10H20O3Si/c1-8(10(3,4)5)12-14(6,7)13-9(2)11/h1H2,2-7H3. The molecule has 0 rings (SSSR count). The van der Waals surface area contributed by atoms with Gasteiger partial charge in [0.1, 0.15) is 0 Å². The van der Waals surface area contributed by atoms with Crippen molar-refractivity contribution in [2.45, 2.75) is 40.8 Å². The van der Waals surface area contributed by atoms with Gasteiger partial charge in [-0.1, -0.05) is 27.4 Å². The number of hydrogen-bond donors (Lipinski definition) is 0. The van der Waals surface area contributed by atoms with E-state index in [9.17, 15) is 4.79 Å². The molecule has 0 heterocycles. The molecule has 0 unspecified atom stereocenters. The number of hydrogen-bond acceptors (Lipinski definition) is 3. The molecule has 0 saturated heterocycles. The minimum Gasteiger partial charge on any atom is -0.516 e. The minimum absolute atomic E-state index is 0.121. The highest BCUT2D eigenvalue weighted by molar-refractivity contribution is 6.66. The van der Waals surface area contributed by atoms with Crippen LogP contribution in [0.4, 0.5) is 0 Å². The Morgan fingerprint density at radius 1 is 1.21 bits per heavy atom. The van der Waals surface area contributed by atoms with E-state index in [0.717, 1.165) is 0 Å². The van der Waals surface area contributed by atoms with Crippen molar-refractivity contribution in [3.8, 4) is 0 Å². The molecule has 0 atom stereocenters. The van der Waals surface area contributed by atoms with Crippen molar-refractivity contribution in [2.75, 3.05) is 0 Å². The van der Waals surface area contributed by atoms with E-state index in [4.69, 9.17) is 8.85 Å². The zero-order valence-electron chi connectivity index (χ0n) is 9.93. The van der Waals surface area contributed by atoms with Gasteiger partial charge in [-0.3, -0.25) is 4.79 Å². The topological polar surface area (TPSA) is 35.5 Å². The third-order valence-electron chi connectivity index (χ3n) is 1.60. The lowest BCUT2D eigenvalue weighted by Gasteiger charge is -2.30. The summed E-state index contributed by atoms with van der Waals surface area (Å²) in [6.07, 6.45) is 0. The zero-order valence-corrected chi connectivity index (χ0v) is 10.9. The molecule has 0 N–H and O–H groups in total. The van der Waals surface area contributed by atoms with Crippen molar-refractivity contribution in [3.63, 3.8) is 0 Å². The first kappa shape index (κ1) is 13.2. The van der Waals surface area contributed by atoms with Crippen LogP contribution in [-0.4, -0.2) is 14.5 Å². The summed E-state index contributed by atoms with van der Waals surface area (Å²) in [5.74, 6) is 0.360. The highest BCUT2D eigenvalue weighted by atomic mass is 28.4. The van der Waals surface area contributed by atoms with Crippen LogP contribution >= 0.6 is 0 Å². The van der Waals surface area contributed by atoms with Gasteiger partial charge < -0.3 is 8.85 Å². The van der Waals surface area contributed by atoms with Gasteiger partial charge in [0.05, 0.1) is 5.76 Å². The normalized spacial score (nSPS) is 12.1. The van der Waals surface area contributed by atoms with Crippen LogP contribution in [0.3, 0.4) is 0 Å². The van der Waals surface area contributed by atoms with E-state index in [2.05, 4.69) is 6.58 Å². The average molecular weight is 216 g/mol. The molecule has 4 heteroatoms. The van der Waals surface area contributed by atoms with Crippen molar-refractivity contribution in [1.29, 1.82) is 0 Å². The Hall–Kier alpha value is -0.773. The fraction of sp³-hybridized carbons (Fsp3) is 0.700. The molecule has 0 saturated carbocycles. The molecule has 82 valence electrons. The molecule has 0 aliphatic rings. The van der Waals surface area contributed by atoms with Gasteiger partial charge in [-0.25, -0.2) is 0 Å². The first-order valence-corrected chi connectivity index (χ1v) is 7.44. The molecule has 0 aliphatic carbocycles. The summed E-state index contributed by atoms with van der Waals surface area (Å²) < 4.78 is 10.7. The summed E-state index contributed by atoms with van der Waals surface area (Å²) in [7, 11) is -2.39. The molecule has 0 aromatic carbocycles. The molecular formula is C10H20O3Si. The average Bonchev–Trinajstić information content (AvgIpc) is 1.79. The lowest BCUT2D eigenvalue weighted by atomic mass is 9.95. The smallest absolute Gasteiger partial charge is 0.455 e. The third kappa shape index (κ3) is 5.06. The summed E-state index contributed by atoms with van der Waals surface area (Å²) in [5.41, 5.74) is -0.121. The molecule has 0 fully saturated rings. The van der Waals surface area contributed by atoms with Gasteiger partial charge in [-0.2, -0.15) is 0 Å². The fourth-order valence-electron chi connectivity index (χ4n) is 0.817. The molecule has 14 heavy (non-hydrogen) atoms. The van der Waals surface area contributed by atoms with E-state index in [-0.39, 0.29) is 11.4 Å². The Morgan fingerprint density at radius 2 is 1.64 bits per heavy atom. The van der Waals surface area contributed by atoms with Gasteiger partial charge in [0.2, 0.25) is 0 Å². The lowest BCUT2D eigenvalue weighted by molar-refractivity contribution is -0.133. The number of carbonyl (C=O) groups excluding carboxylic acids is 1. The number of rotatable bonds is 3. The SMILES string of the molecule is C=C(O[Si](C)(C)OC(C)=O)C(C)(C)C. The Bertz CT molecular complexity index is 238. The zero-order chi connectivity index (χ0) is 11.6. The highest BCUT2D eigenvalue weighted by Gasteiger charge is 2.33. The van der Waals surface area contributed by atoms with Crippen LogP contribution in [0.2, 0.25) is 13.1 Å². The van der Waals surface area contributed by atoms with Crippen LogP contribution in [0.25, 0.3) is 0 Å². The van der Waals surface area contributed by atoms with Crippen LogP contribution in [0, 0.1) is 5.41 Å². The van der Waals surface area contributed by atoms with E-state index in [0.29, 0.717) is 5.76 Å². The minimum atomic E-state index is -2.39. The van der Waals surface area contributed by atoms with Gasteiger partial charge in [-0.15, -0.1) is 0 Å². The summed E-state index contributed by atoms with van der Waals surface area (Å²) >= 11 is 0. The fourth-order valence-corrected chi connectivity index (χ4v) is 2.45. The second-order valence-corrected chi connectivity index (χ2v) is 7.98. The van der Waals surface area contributed by atoms with E-state index in [1.54, 1.807) is 0 Å². The van der Waals surface area contributed by atoms with E-state index < -0.39 is 8.56 Å². The van der Waals surface area contributed by atoms with Crippen molar-refractivity contribution in [3.05, 3.63) is 12.3 Å². The van der Waals surface area contributed by atoms with Crippen LogP contribution in [0.1, 0.15) is 27.7 Å². The van der Waals surface area contributed by atoms with Crippen molar-refractivity contribution in [1.82, 2.24) is 0 Å². The van der Waals surface area contributed by atoms with Crippen molar-refractivity contribution < 1.29 is 13.6 Å². The number of allylic oxidation sites excluding steroid dienone is 1. The van der Waals surface area contributed by atoms with Gasteiger partial charge >= 0.3 is 8.56 Å². The highest BCUT2D eigenvalue weighted by Crippen LogP contribution is 2.27. The molecule has 0 amide bonds. The third-order valence-corrected chi connectivity index (χ3v) is 3.11. The Kier molecular flexibility index (Phi) is 3.94. The first-order valence-electron chi connectivity index (χ1n) is 4.62. The van der Waals surface area contributed by atoms with Crippen LogP contribution < -0.4 is 0 Å². The maximum absolute atomic E-state index is 10.8. The first-order chi connectivity index (χ1) is 6.04. The molecular weight excluding hydrogens is 196 g/mol. The van der Waals surface area contributed by atoms with Gasteiger partial charge in [0, 0.05) is 25.4 Å². The van der Waals surface area contributed by atoms with Gasteiger partial charge in [-0.05, 0) is 0 Å². The maximum atomic E-state index is 10.8. The number of carbonyl (C=O) groups is 1. The van der Waals surface area contributed by atoms with Crippen LogP contribution in [0.15, 0.2) is 12.3 Å². The lowest BCUT2D eigenvalue weighted by Crippen LogP contribution is -2.38. The predicted octanol–water partition coefficient (Wildman–Crippen LogP) is 2.83. The molecule has 0 aromatic heterocycles. The van der Waals surface area contributed by atoms with Crippen molar-refractivity contribution >= 4 is 14.5 Å². The summed E-state index contributed by atoms with van der Waals surface area (Å²) in [6, 6.07) is 0. The molecule has 3 nitrogen and oxygen atoms in total. The van der Waals surface area contributed by atoms with Crippen LogP contribution in [0.5, 0.6) is 0 Å². The molecule has 0 aromatic rings. The predicted molar refractivity (Wildman–Crippen MR) is 58.9 cm³/mol. The van der Waals surface area contributed by atoms with Crippen molar-refractivity contribution in [2.24, 2.45) is 5.41 Å². The van der Waals surface area contributed by atoms with E-state index in [1.165, 1.54) is 6.92 Å². The second kappa shape index (κ2) is 4.17. The molecule has 0 bridgehead atoms. The van der Waals surface area contributed by atoms with Gasteiger partial charge in [0.15, 0.2) is 0 Å². The molecule has 0 spiro atoms. The summed E-state index contributed by atoms with van der Waals surface area (Å²) in [5, 5.41) is 0. The monoisotopic (exact) mass is 216 g/mol. The van der Waals surface area contributed by atoms with E-state index in [1.807, 2.05) is 33.9 Å². The summed E-state index contributed by atoms with van der Waals surface area (Å²) in [4.78, 5) is 10.8. The maximum Gasteiger partial charge on any atom is 0.455 e. The van der Waals surface area contributed by atoms with Gasteiger partial charge in [0.25, 0.3) is 5.97 Å². The quantitative estimate of drug-likeness (QED) is 0.537. The van der Waals surface area contributed by atoms with E-state index >= 15 is 0 Å². The second-order valence-electron chi connectivity index (χ2n) is 4.77.